The Hall–Kier alpha value is -1.57. The van der Waals surface area contributed by atoms with Crippen molar-refractivity contribution in [1.29, 1.82) is 0 Å². The van der Waals surface area contributed by atoms with Crippen LogP contribution in [0.15, 0.2) is 40.3 Å². The average Bonchev–Trinajstić information content (AvgIpc) is 3.32. The Bertz CT molecular complexity index is 792. The topological polar surface area (TPSA) is 37.4 Å². The van der Waals surface area contributed by atoms with E-state index in [0.29, 0.717) is 17.4 Å². The molecule has 3 nitrogen and oxygen atoms in total. The number of unbranched alkanes of at least 4 members (excludes halogenated alkanes) is 2. The second-order valence-corrected chi connectivity index (χ2v) is 9.29. The average molecular weight is 388 g/mol. The molecule has 0 radical (unpaired) electrons. The van der Waals surface area contributed by atoms with E-state index in [1.165, 1.54) is 36.8 Å². The van der Waals surface area contributed by atoms with Crippen LogP contribution in [0.5, 0.6) is 0 Å². The molecule has 0 unspecified atom stereocenters. The zero-order valence-electron chi connectivity index (χ0n) is 17.2. The van der Waals surface area contributed by atoms with Gasteiger partial charge in [-0.05, 0) is 51.7 Å². The van der Waals surface area contributed by atoms with Gasteiger partial charge in [0.1, 0.15) is 0 Å². The molecule has 0 spiro atoms. The van der Waals surface area contributed by atoms with Crippen molar-refractivity contribution < 1.29 is 8.42 Å². The zero-order valence-corrected chi connectivity index (χ0v) is 18.0. The minimum Gasteiger partial charge on any atom is -0.207 e. The first kappa shape index (κ1) is 21.7. The van der Waals surface area contributed by atoms with Crippen LogP contribution in [-0.4, -0.2) is 25.8 Å². The highest BCUT2D eigenvalue weighted by Gasteiger charge is 2.38. The second-order valence-electron chi connectivity index (χ2n) is 7.35. The first-order valence-corrected chi connectivity index (χ1v) is 11.6. The highest BCUT2D eigenvalue weighted by atomic mass is 32.2. The van der Waals surface area contributed by atoms with Crippen LogP contribution in [0.4, 0.5) is 0 Å². The largest absolute Gasteiger partial charge is 0.243 e. The summed E-state index contributed by atoms with van der Waals surface area (Å²) in [6.07, 6.45) is 6.92. The van der Waals surface area contributed by atoms with E-state index >= 15 is 0 Å². The van der Waals surface area contributed by atoms with Gasteiger partial charge < -0.3 is 0 Å². The van der Waals surface area contributed by atoms with E-state index in [4.69, 9.17) is 0 Å². The van der Waals surface area contributed by atoms with Gasteiger partial charge in [0, 0.05) is 12.5 Å². The van der Waals surface area contributed by atoms with Crippen molar-refractivity contribution in [3.63, 3.8) is 0 Å². The summed E-state index contributed by atoms with van der Waals surface area (Å²) < 4.78 is 28.0. The summed E-state index contributed by atoms with van der Waals surface area (Å²) in [5.74, 6) is 6.13. The predicted octanol–water partition coefficient (Wildman–Crippen LogP) is 5.32. The summed E-state index contributed by atoms with van der Waals surface area (Å²) in [5, 5.41) is 0. The quantitative estimate of drug-likeness (QED) is 0.381. The molecule has 0 heterocycles. The molecule has 0 atom stereocenters. The first-order valence-electron chi connectivity index (χ1n) is 10.1. The molecule has 2 rings (SSSR count). The van der Waals surface area contributed by atoms with Crippen LogP contribution in [0, 0.1) is 24.7 Å². The van der Waals surface area contributed by atoms with E-state index < -0.39 is 10.0 Å². The number of benzene rings is 1. The molecule has 0 N–H and O–H groups in total. The fourth-order valence-electron chi connectivity index (χ4n) is 3.48. The Morgan fingerprint density at radius 2 is 1.56 bits per heavy atom. The highest BCUT2D eigenvalue weighted by molar-refractivity contribution is 7.89. The fraction of sp³-hybridized carbons (Fsp3) is 0.565. The normalized spacial score (nSPS) is 14.4. The maximum Gasteiger partial charge on any atom is 0.243 e. The van der Waals surface area contributed by atoms with Crippen molar-refractivity contribution in [2.24, 2.45) is 5.92 Å². The molecule has 0 aromatic heterocycles. The van der Waals surface area contributed by atoms with Crippen LogP contribution in [0.25, 0.3) is 0 Å². The van der Waals surface area contributed by atoms with Gasteiger partial charge in [-0.1, -0.05) is 61.5 Å². The van der Waals surface area contributed by atoms with Crippen molar-refractivity contribution in [1.82, 2.24) is 4.31 Å². The van der Waals surface area contributed by atoms with Crippen LogP contribution in [0.3, 0.4) is 0 Å². The smallest absolute Gasteiger partial charge is 0.207 e. The molecule has 148 valence electrons. The van der Waals surface area contributed by atoms with E-state index in [-0.39, 0.29) is 6.54 Å². The number of rotatable bonds is 11. The zero-order chi connectivity index (χ0) is 19.9. The minimum atomic E-state index is -3.53. The maximum absolute atomic E-state index is 13.2. The number of sulfonamides is 1. The Labute approximate surface area is 165 Å². The summed E-state index contributed by atoms with van der Waals surface area (Å²) in [4.78, 5) is 0.358. The summed E-state index contributed by atoms with van der Waals surface area (Å²) in [6.45, 7) is 8.91. The lowest BCUT2D eigenvalue weighted by Gasteiger charge is -2.21. The SMILES string of the molecule is CC#CCN(CC1C(CCCC)=C1CCCC)S(=O)(=O)c1ccc(C)cc1. The van der Waals surface area contributed by atoms with E-state index in [2.05, 4.69) is 25.7 Å². The Balaban J connectivity index is 2.18. The van der Waals surface area contributed by atoms with Crippen LogP contribution in [-0.2, 0) is 10.0 Å². The molecule has 0 fully saturated rings. The van der Waals surface area contributed by atoms with Crippen LogP contribution >= 0.6 is 0 Å². The number of hydrogen-bond donors (Lipinski definition) is 0. The van der Waals surface area contributed by atoms with Gasteiger partial charge in [0.25, 0.3) is 0 Å². The Kier molecular flexibility index (Phi) is 8.13. The fourth-order valence-corrected chi connectivity index (χ4v) is 4.84. The highest BCUT2D eigenvalue weighted by Crippen LogP contribution is 2.46. The van der Waals surface area contributed by atoms with Gasteiger partial charge in [-0.25, -0.2) is 8.42 Å². The van der Waals surface area contributed by atoms with Crippen molar-refractivity contribution in [2.75, 3.05) is 13.1 Å². The Morgan fingerprint density at radius 3 is 2.04 bits per heavy atom. The lowest BCUT2D eigenvalue weighted by atomic mass is 10.1. The third kappa shape index (κ3) is 5.70. The molecule has 0 amide bonds. The number of aryl methyl sites for hydroxylation is 1. The number of hydrogen-bond acceptors (Lipinski definition) is 2. The Morgan fingerprint density at radius 1 is 1.00 bits per heavy atom. The lowest BCUT2D eigenvalue weighted by Crippen LogP contribution is -2.34. The molecule has 0 saturated heterocycles. The molecule has 4 heteroatoms. The summed E-state index contributed by atoms with van der Waals surface area (Å²) in [6, 6.07) is 7.11. The van der Waals surface area contributed by atoms with Crippen molar-refractivity contribution in [2.45, 2.75) is 71.1 Å². The van der Waals surface area contributed by atoms with Gasteiger partial charge >= 0.3 is 0 Å². The van der Waals surface area contributed by atoms with E-state index in [9.17, 15) is 8.42 Å². The van der Waals surface area contributed by atoms with Crippen LogP contribution in [0.2, 0.25) is 0 Å². The molecule has 0 saturated carbocycles. The third-order valence-electron chi connectivity index (χ3n) is 5.25. The van der Waals surface area contributed by atoms with E-state index in [0.717, 1.165) is 18.4 Å². The van der Waals surface area contributed by atoms with Crippen molar-refractivity contribution in [3.8, 4) is 11.8 Å². The molecule has 1 aromatic carbocycles. The summed E-state index contributed by atoms with van der Waals surface area (Å²) >= 11 is 0. The summed E-state index contributed by atoms with van der Waals surface area (Å²) in [5.41, 5.74) is 4.05. The van der Waals surface area contributed by atoms with Crippen molar-refractivity contribution >= 4 is 10.0 Å². The molecule has 0 aliphatic heterocycles. The van der Waals surface area contributed by atoms with Gasteiger partial charge in [0.2, 0.25) is 10.0 Å². The van der Waals surface area contributed by atoms with E-state index in [1.54, 1.807) is 23.4 Å². The third-order valence-corrected chi connectivity index (χ3v) is 7.07. The molecular weight excluding hydrogens is 354 g/mol. The second kappa shape index (κ2) is 10.1. The molecule has 0 bridgehead atoms. The minimum absolute atomic E-state index is 0.255. The standard InChI is InChI=1S/C23H33NO2S/c1-5-8-11-21-22(12-9-6-2)23(21)18-24(17-10-7-3)27(25,26)20-15-13-19(4)14-16-20/h13-16,23H,5-6,8-9,11-12,17-18H2,1-4H3. The lowest BCUT2D eigenvalue weighted by molar-refractivity contribution is 0.430. The molecule has 1 aromatic rings. The van der Waals surface area contributed by atoms with E-state index in [1.807, 2.05) is 19.1 Å². The monoisotopic (exact) mass is 387 g/mol. The van der Waals surface area contributed by atoms with Crippen molar-refractivity contribution in [3.05, 3.63) is 41.0 Å². The van der Waals surface area contributed by atoms with Gasteiger partial charge in [-0.2, -0.15) is 4.31 Å². The predicted molar refractivity (Wildman–Crippen MR) is 113 cm³/mol. The van der Waals surface area contributed by atoms with Gasteiger partial charge in [0.05, 0.1) is 11.4 Å². The number of nitrogens with zero attached hydrogens (tertiary/aromatic N) is 1. The maximum atomic E-state index is 13.2. The van der Waals surface area contributed by atoms with Crippen LogP contribution < -0.4 is 0 Å². The molecular formula is C23H33NO2S. The van der Waals surface area contributed by atoms with Gasteiger partial charge in [0.15, 0.2) is 0 Å². The van der Waals surface area contributed by atoms with Crippen LogP contribution in [0.1, 0.15) is 64.9 Å². The molecule has 1 aliphatic carbocycles. The molecule has 1 aliphatic rings. The van der Waals surface area contributed by atoms with Gasteiger partial charge in [-0.3, -0.25) is 0 Å². The molecule has 27 heavy (non-hydrogen) atoms. The summed E-state index contributed by atoms with van der Waals surface area (Å²) in [7, 11) is -3.53. The van der Waals surface area contributed by atoms with Gasteiger partial charge in [-0.15, -0.1) is 5.92 Å². The first-order chi connectivity index (χ1) is 13.0.